The van der Waals surface area contributed by atoms with Crippen LogP contribution in [-0.2, 0) is 24.7 Å². The average Bonchev–Trinajstić information content (AvgIpc) is 2.65. The quantitative estimate of drug-likeness (QED) is 0.193. The van der Waals surface area contributed by atoms with Crippen LogP contribution in [0.2, 0.25) is 0 Å². The summed E-state index contributed by atoms with van der Waals surface area (Å²) in [6, 6.07) is 6.26. The molecule has 0 amide bonds. The fourth-order valence-corrected chi connectivity index (χ4v) is 3.01. The highest BCUT2D eigenvalue weighted by Gasteiger charge is 2.50. The summed E-state index contributed by atoms with van der Waals surface area (Å²) in [5, 5.41) is 16.5. The minimum atomic E-state index is -2.14. The Labute approximate surface area is 151 Å². The Kier molecular flexibility index (Phi) is 6.99. The molecular formula is C18H23N3O5. The summed E-state index contributed by atoms with van der Waals surface area (Å²) < 4.78 is 5.92. The van der Waals surface area contributed by atoms with Crippen molar-refractivity contribution in [2.45, 2.75) is 37.4 Å². The molecule has 1 saturated heterocycles. The van der Waals surface area contributed by atoms with Crippen molar-refractivity contribution < 1.29 is 24.2 Å². The van der Waals surface area contributed by atoms with Crippen LogP contribution >= 0.6 is 0 Å². The summed E-state index contributed by atoms with van der Waals surface area (Å²) in [6.45, 7) is 1.38. The lowest BCUT2D eigenvalue weighted by Gasteiger charge is -2.34. The van der Waals surface area contributed by atoms with E-state index >= 15 is 0 Å². The third-order valence-corrected chi connectivity index (χ3v) is 4.35. The second kappa shape index (κ2) is 9.21. The molecule has 1 aliphatic rings. The van der Waals surface area contributed by atoms with Crippen LogP contribution in [0, 0.1) is 0 Å². The Morgan fingerprint density at radius 1 is 1.31 bits per heavy atom. The van der Waals surface area contributed by atoms with Gasteiger partial charge in [-0.25, -0.2) is 4.79 Å². The molecule has 1 aromatic rings. The van der Waals surface area contributed by atoms with Crippen molar-refractivity contribution in [1.29, 1.82) is 0 Å². The van der Waals surface area contributed by atoms with E-state index in [4.69, 9.17) is 10.6 Å². The number of hydrazone groups is 1. The van der Waals surface area contributed by atoms with E-state index in [0.717, 1.165) is 0 Å². The summed E-state index contributed by atoms with van der Waals surface area (Å²) in [4.78, 5) is 35.7. The molecule has 1 aromatic carbocycles. The zero-order valence-electron chi connectivity index (χ0n) is 14.4. The van der Waals surface area contributed by atoms with Crippen LogP contribution in [0.1, 0.15) is 36.8 Å². The van der Waals surface area contributed by atoms with E-state index in [-0.39, 0.29) is 24.5 Å². The number of ether oxygens (including phenoxy) is 1. The molecule has 1 fully saturated rings. The smallest absolute Gasteiger partial charge is 0.348 e. The van der Waals surface area contributed by atoms with Crippen LogP contribution in [-0.4, -0.2) is 48.6 Å². The minimum Gasteiger partial charge on any atom is -0.478 e. The first-order valence-corrected chi connectivity index (χ1v) is 8.47. The fraction of sp³-hybridized carbons (Fsp3) is 0.444. The molecule has 8 heteroatoms. The fourth-order valence-electron chi connectivity index (χ4n) is 3.01. The standard InChI is InChI=1S/C18H23N3O5/c19-21-12-13-3-5-14(6-4-13)18(17(24)25,16(23)2-1-11-22)26-15-7-9-20-10-8-15/h3-6,11-12,15,20H,1-2,7-10,19H2,(H,24,25). The van der Waals surface area contributed by atoms with Crippen LogP contribution < -0.4 is 11.2 Å². The molecule has 26 heavy (non-hydrogen) atoms. The number of carboxylic acids is 1. The molecule has 140 valence electrons. The summed E-state index contributed by atoms with van der Waals surface area (Å²) in [5.41, 5.74) is -1.25. The maximum atomic E-state index is 12.8. The summed E-state index contributed by atoms with van der Waals surface area (Å²) >= 11 is 0. The topological polar surface area (TPSA) is 131 Å². The van der Waals surface area contributed by atoms with E-state index in [1.54, 1.807) is 12.1 Å². The molecule has 0 aromatic heterocycles. The summed E-state index contributed by atoms with van der Waals surface area (Å²) in [6.07, 6.45) is 2.60. The van der Waals surface area contributed by atoms with Gasteiger partial charge in [-0.15, -0.1) is 0 Å². The zero-order chi connectivity index (χ0) is 19.0. The molecular weight excluding hydrogens is 338 g/mol. The Morgan fingerprint density at radius 3 is 2.50 bits per heavy atom. The molecule has 1 aliphatic heterocycles. The number of hydrogen-bond donors (Lipinski definition) is 3. The van der Waals surface area contributed by atoms with Gasteiger partial charge in [-0.1, -0.05) is 24.3 Å². The van der Waals surface area contributed by atoms with Gasteiger partial charge in [-0.2, -0.15) is 5.10 Å². The number of carbonyl (C=O) groups is 3. The minimum absolute atomic E-state index is 0.0542. The number of hydrogen-bond acceptors (Lipinski definition) is 7. The van der Waals surface area contributed by atoms with Gasteiger partial charge in [-0.3, -0.25) is 4.79 Å². The van der Waals surface area contributed by atoms with Crippen LogP contribution in [0.15, 0.2) is 29.4 Å². The van der Waals surface area contributed by atoms with Crippen LogP contribution in [0.25, 0.3) is 0 Å². The molecule has 2 rings (SSSR count). The van der Waals surface area contributed by atoms with Crippen LogP contribution in [0.3, 0.4) is 0 Å². The molecule has 8 nitrogen and oxygen atoms in total. The molecule has 1 unspecified atom stereocenters. The molecule has 1 heterocycles. The van der Waals surface area contributed by atoms with Gasteiger partial charge >= 0.3 is 5.97 Å². The predicted octanol–water partition coefficient (Wildman–Crippen LogP) is 0.576. The highest BCUT2D eigenvalue weighted by Crippen LogP contribution is 2.33. The highest BCUT2D eigenvalue weighted by molar-refractivity contribution is 6.07. The Balaban J connectivity index is 2.44. The van der Waals surface area contributed by atoms with E-state index in [2.05, 4.69) is 10.4 Å². The van der Waals surface area contributed by atoms with Gasteiger partial charge in [0, 0.05) is 18.4 Å². The maximum absolute atomic E-state index is 12.8. The number of nitrogens with one attached hydrogen (secondary N) is 1. The number of Topliss-reactive ketones (excluding diaryl/α,β-unsaturated/α-hetero) is 1. The SMILES string of the molecule is NN=Cc1ccc(C(OC2CCNCC2)(C(=O)O)C(=O)CCC=O)cc1. The van der Waals surface area contributed by atoms with Gasteiger partial charge in [0.25, 0.3) is 0 Å². The van der Waals surface area contributed by atoms with Crippen molar-refractivity contribution >= 4 is 24.3 Å². The van der Waals surface area contributed by atoms with Crippen LogP contribution in [0.5, 0.6) is 0 Å². The predicted molar refractivity (Wildman–Crippen MR) is 94.8 cm³/mol. The molecule has 0 spiro atoms. The summed E-state index contributed by atoms with van der Waals surface area (Å²) in [7, 11) is 0. The van der Waals surface area contributed by atoms with E-state index in [1.807, 2.05) is 0 Å². The number of piperidine rings is 1. The highest BCUT2D eigenvalue weighted by atomic mass is 16.5. The van der Waals surface area contributed by atoms with Gasteiger partial charge in [0.15, 0.2) is 5.78 Å². The molecule has 0 saturated carbocycles. The van der Waals surface area contributed by atoms with Crippen molar-refractivity contribution in [3.8, 4) is 0 Å². The average molecular weight is 361 g/mol. The second-order valence-electron chi connectivity index (χ2n) is 6.08. The number of carbonyl (C=O) groups excluding carboxylic acids is 2. The third kappa shape index (κ3) is 4.33. The third-order valence-electron chi connectivity index (χ3n) is 4.35. The van der Waals surface area contributed by atoms with Gasteiger partial charge in [-0.05, 0) is 31.5 Å². The van der Waals surface area contributed by atoms with E-state index in [9.17, 15) is 19.5 Å². The molecule has 0 aliphatic carbocycles. The lowest BCUT2D eigenvalue weighted by atomic mass is 9.86. The van der Waals surface area contributed by atoms with Crippen molar-refractivity contribution in [2.24, 2.45) is 10.9 Å². The zero-order valence-corrected chi connectivity index (χ0v) is 14.4. The number of aliphatic carboxylic acids is 1. The normalized spacial score (nSPS) is 17.7. The van der Waals surface area contributed by atoms with E-state index in [1.165, 1.54) is 18.3 Å². The van der Waals surface area contributed by atoms with E-state index < -0.39 is 17.4 Å². The largest absolute Gasteiger partial charge is 0.478 e. The first-order chi connectivity index (χ1) is 12.5. The number of aldehydes is 1. The maximum Gasteiger partial charge on any atom is 0.348 e. The van der Waals surface area contributed by atoms with Gasteiger partial charge in [0.1, 0.15) is 6.29 Å². The Morgan fingerprint density at radius 2 is 1.96 bits per heavy atom. The van der Waals surface area contributed by atoms with Crippen molar-refractivity contribution in [3.63, 3.8) is 0 Å². The first kappa shape index (κ1) is 19.7. The van der Waals surface area contributed by atoms with Gasteiger partial charge < -0.3 is 25.8 Å². The van der Waals surface area contributed by atoms with Crippen LogP contribution in [0.4, 0.5) is 0 Å². The molecule has 1 atom stereocenters. The number of nitrogens with two attached hydrogens (primary N) is 1. The first-order valence-electron chi connectivity index (χ1n) is 8.47. The number of carboxylic acid groups (broad SMARTS) is 1. The van der Waals surface area contributed by atoms with Crippen molar-refractivity contribution in [3.05, 3.63) is 35.4 Å². The van der Waals surface area contributed by atoms with Crippen molar-refractivity contribution in [2.75, 3.05) is 13.1 Å². The lowest BCUT2D eigenvalue weighted by molar-refractivity contribution is -0.184. The Bertz CT molecular complexity index is 668. The summed E-state index contributed by atoms with van der Waals surface area (Å²) in [5.74, 6) is 3.09. The van der Waals surface area contributed by atoms with Gasteiger partial charge in [0.2, 0.25) is 5.60 Å². The van der Waals surface area contributed by atoms with E-state index in [0.29, 0.717) is 37.8 Å². The molecule has 0 bridgehead atoms. The number of ketones is 1. The molecule has 4 N–H and O–H groups in total. The monoisotopic (exact) mass is 361 g/mol. The number of nitrogens with zero attached hydrogens (tertiary/aromatic N) is 1. The number of benzene rings is 1. The number of rotatable bonds is 9. The van der Waals surface area contributed by atoms with Gasteiger partial charge in [0.05, 0.1) is 12.3 Å². The molecule has 0 radical (unpaired) electrons. The lowest BCUT2D eigenvalue weighted by Crippen LogP contribution is -2.50. The van der Waals surface area contributed by atoms with Crippen molar-refractivity contribution in [1.82, 2.24) is 5.32 Å². The Hall–Kier alpha value is -2.58. The second-order valence-corrected chi connectivity index (χ2v) is 6.08.